The van der Waals surface area contributed by atoms with Crippen molar-refractivity contribution in [1.29, 1.82) is 0 Å². The molecule has 40 heavy (non-hydrogen) atoms. The molecule has 6 aliphatic heterocycles. The van der Waals surface area contributed by atoms with E-state index >= 15 is 0 Å². The van der Waals surface area contributed by atoms with E-state index in [9.17, 15) is 9.59 Å². The van der Waals surface area contributed by atoms with Crippen LogP contribution in [0.3, 0.4) is 0 Å². The van der Waals surface area contributed by atoms with Crippen LogP contribution in [0.5, 0.6) is 0 Å². The van der Waals surface area contributed by atoms with E-state index < -0.39 is 22.3 Å². The first-order chi connectivity index (χ1) is 19.6. The van der Waals surface area contributed by atoms with E-state index in [2.05, 4.69) is 58.4 Å². The molecule has 5 nitrogen and oxygen atoms in total. The molecule has 0 spiro atoms. The molecule has 11 rings (SSSR count). The van der Waals surface area contributed by atoms with E-state index in [0.717, 1.165) is 44.5 Å². The third-order valence-corrected chi connectivity index (χ3v) is 12.8. The molecule has 0 N–H and O–H groups in total. The Balaban J connectivity index is 1.22. The van der Waals surface area contributed by atoms with Gasteiger partial charge in [0.15, 0.2) is 5.78 Å². The Bertz CT molecular complexity index is 1790. The monoisotopic (exact) mass is 590 g/mol. The number of fused-ring (bicyclic) bond motifs is 20. The summed E-state index contributed by atoms with van der Waals surface area (Å²) in [6, 6.07) is 24.9. The van der Waals surface area contributed by atoms with E-state index in [1.165, 1.54) is 0 Å². The van der Waals surface area contributed by atoms with Crippen molar-refractivity contribution in [2.45, 2.75) is 40.9 Å². The van der Waals surface area contributed by atoms with E-state index in [4.69, 9.17) is 14.2 Å². The van der Waals surface area contributed by atoms with Crippen LogP contribution in [-0.2, 0) is 23.8 Å². The van der Waals surface area contributed by atoms with Gasteiger partial charge in [0.25, 0.3) is 0 Å². The quantitative estimate of drug-likeness (QED) is 0.294. The van der Waals surface area contributed by atoms with Gasteiger partial charge in [-0.1, -0.05) is 88.7 Å². The van der Waals surface area contributed by atoms with Crippen molar-refractivity contribution in [2.24, 2.45) is 29.6 Å². The first kappa shape index (κ1) is 21.8. The summed E-state index contributed by atoms with van der Waals surface area (Å²) in [5, 5.41) is 0. The van der Waals surface area contributed by atoms with Crippen LogP contribution < -0.4 is 0 Å². The van der Waals surface area contributed by atoms with Crippen molar-refractivity contribution in [2.75, 3.05) is 0 Å². The zero-order valence-electron chi connectivity index (χ0n) is 21.2. The molecule has 0 saturated carbocycles. The summed E-state index contributed by atoms with van der Waals surface area (Å²) in [4.78, 5) is 29.9. The largest absolute Gasteiger partial charge is 0.365 e. The lowest BCUT2D eigenvalue weighted by molar-refractivity contribution is -0.158. The molecule has 8 bridgehead atoms. The number of carbonyl (C=O) groups is 2. The molecule has 6 heteroatoms. The summed E-state index contributed by atoms with van der Waals surface area (Å²) in [6.07, 6.45) is -1.85. The summed E-state index contributed by atoms with van der Waals surface area (Å²) in [5.74, 6) is -1.32. The molecule has 3 saturated heterocycles. The maximum atomic E-state index is 15.0. The molecular weight excluding hydrogens is 568 g/mol. The number of hydrogen-bond acceptors (Lipinski definition) is 5. The number of alkyl halides is 1. The van der Waals surface area contributed by atoms with Crippen LogP contribution in [0.1, 0.15) is 70.0 Å². The predicted octanol–water partition coefficient (Wildman–Crippen LogP) is 6.14. The minimum Gasteiger partial charge on any atom is -0.365 e. The smallest absolute Gasteiger partial charge is 0.167 e. The first-order valence-corrected chi connectivity index (χ1v) is 15.1. The van der Waals surface area contributed by atoms with E-state index in [0.29, 0.717) is 0 Å². The van der Waals surface area contributed by atoms with Gasteiger partial charge in [-0.2, -0.15) is 0 Å². The zero-order valence-corrected chi connectivity index (χ0v) is 22.8. The lowest BCUT2D eigenvalue weighted by atomic mass is 9.64. The molecule has 0 unspecified atom stereocenters. The van der Waals surface area contributed by atoms with Gasteiger partial charge in [-0.3, -0.25) is 9.59 Å². The van der Waals surface area contributed by atoms with Gasteiger partial charge in [0.2, 0.25) is 0 Å². The molecular formula is C34H23BrO5. The van der Waals surface area contributed by atoms with Crippen molar-refractivity contribution in [3.05, 3.63) is 117 Å². The van der Waals surface area contributed by atoms with Crippen molar-refractivity contribution in [3.8, 4) is 0 Å². The second-order valence-corrected chi connectivity index (χ2v) is 14.0. The van der Waals surface area contributed by atoms with Crippen LogP contribution in [-0.4, -0.2) is 15.9 Å². The number of ketones is 2. The van der Waals surface area contributed by atoms with Gasteiger partial charge >= 0.3 is 0 Å². The fourth-order valence-electron chi connectivity index (χ4n) is 10.3. The van der Waals surface area contributed by atoms with Crippen LogP contribution in [0.15, 0.2) is 83.9 Å². The number of rotatable bonds is 0. The Morgan fingerprint density at radius 2 is 1.12 bits per heavy atom. The van der Waals surface area contributed by atoms with Gasteiger partial charge < -0.3 is 14.2 Å². The Morgan fingerprint density at radius 1 is 0.600 bits per heavy atom. The highest BCUT2D eigenvalue weighted by atomic mass is 79.9. The highest BCUT2D eigenvalue weighted by molar-refractivity contribution is 9.10. The number of halogens is 1. The maximum absolute atomic E-state index is 15.0. The van der Waals surface area contributed by atoms with Crippen LogP contribution in [0.2, 0.25) is 0 Å². The Labute approximate surface area is 238 Å². The lowest BCUT2D eigenvalue weighted by Gasteiger charge is -2.42. The van der Waals surface area contributed by atoms with Crippen molar-refractivity contribution in [3.63, 3.8) is 0 Å². The zero-order chi connectivity index (χ0) is 26.2. The molecule has 8 aliphatic rings. The number of carbonyl (C=O) groups excluding carboxylic acids is 2. The van der Waals surface area contributed by atoms with Crippen molar-refractivity contribution >= 4 is 27.5 Å². The third kappa shape index (κ3) is 2.08. The average molecular weight is 591 g/mol. The number of ether oxygens (including phenoxy) is 3. The van der Waals surface area contributed by atoms with Gasteiger partial charge in [-0.15, -0.1) is 0 Å². The maximum Gasteiger partial charge on any atom is 0.167 e. The highest BCUT2D eigenvalue weighted by Gasteiger charge is 2.76. The Hall–Kier alpha value is -2.90. The molecule has 196 valence electrons. The summed E-state index contributed by atoms with van der Waals surface area (Å²) in [7, 11) is 0. The predicted molar refractivity (Wildman–Crippen MR) is 145 cm³/mol. The lowest BCUT2D eigenvalue weighted by Crippen LogP contribution is -2.47. The number of benzene rings is 3. The summed E-state index contributed by atoms with van der Waals surface area (Å²) in [6.45, 7) is 0. The van der Waals surface area contributed by atoms with E-state index in [1.807, 2.05) is 30.3 Å². The van der Waals surface area contributed by atoms with Gasteiger partial charge in [0, 0.05) is 17.4 Å². The number of Topliss-reactive ketones (excluding diaryl/α,β-unsaturated/α-hetero) is 2. The number of hydrogen-bond donors (Lipinski definition) is 0. The topological polar surface area (TPSA) is 61.8 Å². The Morgan fingerprint density at radius 3 is 1.80 bits per heavy atom. The highest BCUT2D eigenvalue weighted by Crippen LogP contribution is 2.77. The fraction of sp³-hybridized carbons (Fsp3) is 0.353. The molecule has 3 aromatic rings. The molecule has 2 aliphatic carbocycles. The second kappa shape index (κ2) is 6.76. The average Bonchev–Trinajstić information content (AvgIpc) is 3.79. The summed E-state index contributed by atoms with van der Waals surface area (Å²) < 4.78 is 19.5. The standard InChI is InChI=1S/C34H23BrO5/c35-34-24-21(27(37)25(34)32-17-11-5-6-12-18(17)33(34)40-32)19-20(29-14-8-2-1-7-13(14)28(19)38-29)22-26(36)23(24)31-16-10-4-3-9-15(16)30(22)39-31/h1-12,19-20,22-23,25,28-33H/t19-,20+,22-,23-,25-,28-,29-,30-,31+,32+,33+,34-/m1/s1. The fourth-order valence-corrected chi connectivity index (χ4v) is 11.5. The van der Waals surface area contributed by atoms with Crippen LogP contribution in [0, 0.1) is 29.6 Å². The van der Waals surface area contributed by atoms with E-state index in [1.54, 1.807) is 0 Å². The molecule has 6 heterocycles. The SMILES string of the molecule is O=C1[C@H]2C3=C(C(=O)[C@@H]4[C@H]5O[C@@H](c6ccccc65)[C@@]34Br)[C@H]3[C@@H]([C@H]1[C@@H]1O[C@H]2c2ccccc21)[C@@H]1O[C@@H]3c2ccccc21. The first-order valence-electron chi connectivity index (χ1n) is 14.3. The molecule has 0 amide bonds. The molecule has 3 fully saturated rings. The molecule has 3 aromatic carbocycles. The minimum atomic E-state index is -0.784. The summed E-state index contributed by atoms with van der Waals surface area (Å²) in [5.41, 5.74) is 8.47. The molecule has 12 atom stereocenters. The van der Waals surface area contributed by atoms with Crippen LogP contribution in [0.25, 0.3) is 0 Å². The molecule has 0 aromatic heterocycles. The van der Waals surface area contributed by atoms with Gasteiger partial charge in [-0.25, -0.2) is 0 Å². The minimum absolute atomic E-state index is 0.127. The second-order valence-electron chi connectivity index (χ2n) is 12.7. The van der Waals surface area contributed by atoms with Crippen molar-refractivity contribution < 1.29 is 23.8 Å². The van der Waals surface area contributed by atoms with Crippen molar-refractivity contribution in [1.82, 2.24) is 0 Å². The summed E-state index contributed by atoms with van der Waals surface area (Å²) >= 11 is 4.21. The van der Waals surface area contributed by atoms with Crippen LogP contribution >= 0.6 is 15.9 Å². The van der Waals surface area contributed by atoms with Gasteiger partial charge in [-0.05, 0) is 39.0 Å². The van der Waals surface area contributed by atoms with E-state index in [-0.39, 0.29) is 59.8 Å². The van der Waals surface area contributed by atoms with Gasteiger partial charge in [0.1, 0.15) is 11.9 Å². The van der Waals surface area contributed by atoms with Crippen LogP contribution in [0.4, 0.5) is 0 Å². The normalized spacial score (nSPS) is 45.2. The Kier molecular flexibility index (Phi) is 3.68. The van der Waals surface area contributed by atoms with Gasteiger partial charge in [0.05, 0.1) is 52.6 Å². The third-order valence-electron chi connectivity index (χ3n) is 11.5. The molecule has 0 radical (unpaired) electrons.